The summed E-state index contributed by atoms with van der Waals surface area (Å²) in [5, 5.41) is 2.63. The van der Waals surface area contributed by atoms with E-state index in [1.54, 1.807) is 6.07 Å². The van der Waals surface area contributed by atoms with Crippen LogP contribution in [-0.4, -0.2) is 12.4 Å². The predicted molar refractivity (Wildman–Crippen MR) is 52.0 cm³/mol. The smallest absolute Gasteiger partial charge is 0.252 e. The Balaban J connectivity index is 3.30. The highest BCUT2D eigenvalue weighted by atomic mass is 35.5. The van der Waals surface area contributed by atoms with Gasteiger partial charge in [0.1, 0.15) is 5.75 Å². The molecule has 0 radical (unpaired) electrons. The largest absolute Gasteiger partial charge is 0.497 e. The predicted octanol–water partition coefficient (Wildman–Crippen LogP) is 3.02. The van der Waals surface area contributed by atoms with Gasteiger partial charge < -0.3 is 4.74 Å². The van der Waals surface area contributed by atoms with Gasteiger partial charge in [-0.3, -0.25) is 4.79 Å². The molecule has 14 heavy (non-hydrogen) atoms. The Morgan fingerprint density at radius 1 is 1.64 bits per heavy atom. The molecule has 0 bridgehead atoms. The second kappa shape index (κ2) is 4.50. The molecule has 0 amide bonds. The van der Waals surface area contributed by atoms with Crippen LogP contribution in [0.25, 0.3) is 10.4 Å². The molecule has 1 aromatic carbocycles. The van der Waals surface area contributed by atoms with Crippen molar-refractivity contribution in [1.29, 1.82) is 0 Å². The van der Waals surface area contributed by atoms with Crippen molar-refractivity contribution in [3.8, 4) is 5.75 Å². The minimum Gasteiger partial charge on any atom is -0.497 e. The van der Waals surface area contributed by atoms with E-state index in [0.29, 0.717) is 5.75 Å². The van der Waals surface area contributed by atoms with E-state index in [1.165, 1.54) is 19.2 Å². The van der Waals surface area contributed by atoms with E-state index in [-0.39, 0.29) is 11.3 Å². The molecule has 6 heteroatoms. The summed E-state index contributed by atoms with van der Waals surface area (Å²) in [4.78, 5) is 13.5. The molecular weight excluding hydrogens is 206 g/mol. The first-order valence-corrected chi connectivity index (χ1v) is 4.00. The van der Waals surface area contributed by atoms with Crippen LogP contribution in [0.4, 0.5) is 5.69 Å². The van der Waals surface area contributed by atoms with Crippen molar-refractivity contribution in [2.24, 2.45) is 5.11 Å². The molecule has 0 aliphatic rings. The summed E-state index contributed by atoms with van der Waals surface area (Å²) in [5.41, 5.74) is 8.54. The summed E-state index contributed by atoms with van der Waals surface area (Å²) in [6, 6.07) is 4.46. The van der Waals surface area contributed by atoms with Crippen LogP contribution in [0.15, 0.2) is 23.3 Å². The fourth-order valence-corrected chi connectivity index (χ4v) is 1.09. The van der Waals surface area contributed by atoms with Crippen LogP contribution in [0.1, 0.15) is 10.4 Å². The summed E-state index contributed by atoms with van der Waals surface area (Å²) >= 11 is 5.30. The van der Waals surface area contributed by atoms with E-state index in [9.17, 15) is 4.79 Å². The number of azide groups is 1. The molecule has 0 N–H and O–H groups in total. The van der Waals surface area contributed by atoms with Crippen LogP contribution in [0.3, 0.4) is 0 Å². The fraction of sp³-hybridized carbons (Fsp3) is 0.125. The molecule has 0 aliphatic heterocycles. The minimum absolute atomic E-state index is 0.129. The molecule has 0 unspecified atom stereocenters. The van der Waals surface area contributed by atoms with Gasteiger partial charge in [0.15, 0.2) is 0 Å². The third-order valence-electron chi connectivity index (χ3n) is 1.57. The van der Waals surface area contributed by atoms with Gasteiger partial charge in [-0.25, -0.2) is 0 Å². The highest BCUT2D eigenvalue weighted by Crippen LogP contribution is 2.25. The highest BCUT2D eigenvalue weighted by molar-refractivity contribution is 6.68. The third-order valence-corrected chi connectivity index (χ3v) is 1.77. The van der Waals surface area contributed by atoms with Gasteiger partial charge in [0, 0.05) is 16.2 Å². The summed E-state index contributed by atoms with van der Waals surface area (Å²) in [5.74, 6) is 0.478. The standard InChI is InChI=1S/C8H6ClN3O2/c1-14-5-2-3-7(11-12-10)6(4-5)8(9)13/h2-4H,1H3. The maximum absolute atomic E-state index is 10.9. The average Bonchev–Trinajstić information content (AvgIpc) is 2.18. The number of nitrogens with zero attached hydrogens (tertiary/aromatic N) is 3. The number of hydrogen-bond acceptors (Lipinski definition) is 3. The van der Waals surface area contributed by atoms with Gasteiger partial charge >= 0.3 is 0 Å². The van der Waals surface area contributed by atoms with Crippen molar-refractivity contribution in [3.05, 3.63) is 34.2 Å². The maximum Gasteiger partial charge on any atom is 0.252 e. The summed E-state index contributed by atoms with van der Waals surface area (Å²) in [6.07, 6.45) is 0. The molecule has 0 fully saturated rings. The number of hydrogen-bond donors (Lipinski definition) is 0. The number of benzene rings is 1. The number of halogens is 1. The Labute approximate surface area is 84.9 Å². The first-order valence-electron chi connectivity index (χ1n) is 3.62. The number of carbonyl (C=O) groups excluding carboxylic acids is 1. The van der Waals surface area contributed by atoms with E-state index < -0.39 is 5.24 Å². The second-order valence-corrected chi connectivity index (χ2v) is 2.69. The van der Waals surface area contributed by atoms with Crippen LogP contribution >= 0.6 is 11.6 Å². The van der Waals surface area contributed by atoms with Crippen molar-refractivity contribution in [1.82, 2.24) is 0 Å². The number of rotatable bonds is 3. The van der Waals surface area contributed by atoms with E-state index >= 15 is 0 Å². The first-order chi connectivity index (χ1) is 6.69. The zero-order valence-corrected chi connectivity index (χ0v) is 8.02. The molecule has 0 atom stereocenters. The normalized spacial score (nSPS) is 9.00. The van der Waals surface area contributed by atoms with Crippen LogP contribution in [0.2, 0.25) is 0 Å². The molecular formula is C8H6ClN3O2. The molecule has 0 aliphatic carbocycles. The Bertz CT molecular complexity index is 413. The molecule has 1 rings (SSSR count). The van der Waals surface area contributed by atoms with Crippen molar-refractivity contribution in [3.63, 3.8) is 0 Å². The van der Waals surface area contributed by atoms with E-state index in [4.69, 9.17) is 21.9 Å². The third kappa shape index (κ3) is 2.16. The van der Waals surface area contributed by atoms with Crippen molar-refractivity contribution < 1.29 is 9.53 Å². The molecule has 0 saturated carbocycles. The van der Waals surface area contributed by atoms with Crippen molar-refractivity contribution >= 4 is 22.5 Å². The Kier molecular flexibility index (Phi) is 3.34. The lowest BCUT2D eigenvalue weighted by molar-refractivity contribution is 0.108. The lowest BCUT2D eigenvalue weighted by atomic mass is 10.2. The summed E-state index contributed by atoms with van der Waals surface area (Å²) < 4.78 is 4.89. The molecule has 0 spiro atoms. The zero-order valence-electron chi connectivity index (χ0n) is 7.27. The monoisotopic (exact) mass is 211 g/mol. The lowest BCUT2D eigenvalue weighted by Gasteiger charge is -2.03. The number of carbonyl (C=O) groups is 1. The van der Waals surface area contributed by atoms with E-state index in [2.05, 4.69) is 10.0 Å². The van der Waals surface area contributed by atoms with Crippen LogP contribution in [0, 0.1) is 0 Å². The molecule has 0 saturated heterocycles. The van der Waals surface area contributed by atoms with Gasteiger partial charge in [0.05, 0.1) is 7.11 Å². The zero-order chi connectivity index (χ0) is 10.6. The van der Waals surface area contributed by atoms with Crippen LogP contribution in [-0.2, 0) is 0 Å². The molecule has 72 valence electrons. The van der Waals surface area contributed by atoms with Crippen molar-refractivity contribution in [2.45, 2.75) is 0 Å². The number of methoxy groups -OCH3 is 1. The average molecular weight is 212 g/mol. The molecule has 0 aromatic heterocycles. The maximum atomic E-state index is 10.9. The second-order valence-electron chi connectivity index (χ2n) is 2.35. The van der Waals surface area contributed by atoms with Gasteiger partial charge in [0.25, 0.3) is 5.24 Å². The lowest BCUT2D eigenvalue weighted by Crippen LogP contribution is -1.91. The molecule has 1 aromatic rings. The van der Waals surface area contributed by atoms with Crippen LogP contribution in [0.5, 0.6) is 5.75 Å². The minimum atomic E-state index is -0.689. The van der Waals surface area contributed by atoms with Crippen molar-refractivity contribution in [2.75, 3.05) is 7.11 Å². The van der Waals surface area contributed by atoms with Gasteiger partial charge in [-0.15, -0.1) is 0 Å². The topological polar surface area (TPSA) is 75.1 Å². The van der Waals surface area contributed by atoms with Gasteiger partial charge in [0.2, 0.25) is 0 Å². The molecule has 0 heterocycles. The summed E-state index contributed by atoms with van der Waals surface area (Å²) in [6.45, 7) is 0. The van der Waals surface area contributed by atoms with Crippen LogP contribution < -0.4 is 4.74 Å². The van der Waals surface area contributed by atoms with E-state index in [1.807, 2.05) is 0 Å². The highest BCUT2D eigenvalue weighted by Gasteiger charge is 2.08. The van der Waals surface area contributed by atoms with Gasteiger partial charge in [-0.05, 0) is 35.3 Å². The summed E-state index contributed by atoms with van der Waals surface area (Å²) in [7, 11) is 1.46. The Morgan fingerprint density at radius 2 is 2.36 bits per heavy atom. The Morgan fingerprint density at radius 3 is 2.86 bits per heavy atom. The first kappa shape index (κ1) is 10.4. The van der Waals surface area contributed by atoms with Gasteiger partial charge in [-0.2, -0.15) is 0 Å². The Hall–Kier alpha value is -1.71. The fourth-order valence-electron chi connectivity index (χ4n) is 0.935. The quantitative estimate of drug-likeness (QED) is 0.334. The van der Waals surface area contributed by atoms with E-state index in [0.717, 1.165) is 0 Å². The van der Waals surface area contributed by atoms with Gasteiger partial charge in [-0.1, -0.05) is 5.11 Å². The molecule has 5 nitrogen and oxygen atoms in total. The SMILES string of the molecule is COc1ccc(N=[N+]=[N-])c(C(=O)Cl)c1. The number of ether oxygens (including phenoxy) is 1.